The molecule has 0 unspecified atom stereocenters. The molecule has 6 heteroatoms. The van der Waals surface area contributed by atoms with Crippen LogP contribution in [-0.2, 0) is 4.79 Å². The van der Waals surface area contributed by atoms with Crippen molar-refractivity contribution >= 4 is 11.8 Å². The van der Waals surface area contributed by atoms with Gasteiger partial charge in [-0.15, -0.1) is 0 Å². The molecule has 0 aliphatic heterocycles. The zero-order valence-corrected chi connectivity index (χ0v) is 9.61. The highest BCUT2D eigenvalue weighted by molar-refractivity contribution is 5.97. The van der Waals surface area contributed by atoms with E-state index in [9.17, 15) is 14.7 Å². The summed E-state index contributed by atoms with van der Waals surface area (Å²) >= 11 is 0. The number of aliphatic hydroxyl groups excluding tert-OH is 2. The summed E-state index contributed by atoms with van der Waals surface area (Å²) in [7, 11) is 0. The van der Waals surface area contributed by atoms with E-state index in [0.717, 1.165) is 0 Å². The van der Waals surface area contributed by atoms with E-state index in [2.05, 4.69) is 5.32 Å². The van der Waals surface area contributed by atoms with Gasteiger partial charge in [0.15, 0.2) is 11.9 Å². The first-order chi connectivity index (χ1) is 8.52. The summed E-state index contributed by atoms with van der Waals surface area (Å²) in [6.45, 7) is -0.209. The molecule has 0 aliphatic rings. The van der Waals surface area contributed by atoms with Gasteiger partial charge < -0.3 is 20.6 Å². The predicted molar refractivity (Wildman–Crippen MR) is 63.3 cm³/mol. The predicted octanol–water partition coefficient (Wildman–Crippen LogP) is -0.735. The zero-order chi connectivity index (χ0) is 13.5. The number of aliphatic hydroxyl groups is 2. The molecule has 0 heterocycles. The second-order valence-electron chi connectivity index (χ2n) is 3.77. The smallest absolute Gasteiger partial charge is 0.335 e. The molecule has 0 saturated heterocycles. The maximum atomic E-state index is 11.6. The first kappa shape index (κ1) is 14.3. The van der Waals surface area contributed by atoms with E-state index in [0.29, 0.717) is 5.56 Å². The Hall–Kier alpha value is -1.76. The topological polar surface area (TPSA) is 107 Å². The highest BCUT2D eigenvalue weighted by Gasteiger charge is 2.23. The minimum Gasteiger partial charge on any atom is -0.479 e. The van der Waals surface area contributed by atoms with E-state index in [-0.39, 0.29) is 18.9 Å². The highest BCUT2D eigenvalue weighted by atomic mass is 16.4. The van der Waals surface area contributed by atoms with Gasteiger partial charge in [-0.1, -0.05) is 30.3 Å². The van der Waals surface area contributed by atoms with Gasteiger partial charge in [0, 0.05) is 12.1 Å². The van der Waals surface area contributed by atoms with Gasteiger partial charge in [-0.2, -0.15) is 0 Å². The lowest BCUT2D eigenvalue weighted by atomic mass is 10.1. The number of carbonyl (C=O) groups is 2. The number of carbonyl (C=O) groups excluding carboxylic acids is 1. The fourth-order valence-electron chi connectivity index (χ4n) is 1.34. The third-order valence-electron chi connectivity index (χ3n) is 2.35. The van der Waals surface area contributed by atoms with E-state index in [1.807, 2.05) is 0 Å². The normalized spacial score (nSPS) is 13.9. The number of nitrogens with one attached hydrogen (secondary N) is 1. The summed E-state index contributed by atoms with van der Waals surface area (Å²) in [6, 6.07) is 8.57. The Morgan fingerprint density at radius 3 is 2.33 bits per heavy atom. The molecular formula is C12H15NO5. The summed E-state index contributed by atoms with van der Waals surface area (Å²) < 4.78 is 0. The average Bonchev–Trinajstić information content (AvgIpc) is 2.38. The Kier molecular flexibility index (Phi) is 5.44. The van der Waals surface area contributed by atoms with Crippen molar-refractivity contribution in [2.24, 2.45) is 0 Å². The van der Waals surface area contributed by atoms with Gasteiger partial charge in [0.1, 0.15) is 6.10 Å². The molecule has 0 amide bonds. The van der Waals surface area contributed by atoms with Crippen molar-refractivity contribution in [1.82, 2.24) is 5.32 Å². The van der Waals surface area contributed by atoms with Crippen LogP contribution >= 0.6 is 0 Å². The van der Waals surface area contributed by atoms with Gasteiger partial charge in [-0.3, -0.25) is 4.79 Å². The van der Waals surface area contributed by atoms with Gasteiger partial charge in [-0.05, 0) is 0 Å². The lowest BCUT2D eigenvalue weighted by molar-refractivity contribution is -0.152. The second-order valence-corrected chi connectivity index (χ2v) is 3.77. The van der Waals surface area contributed by atoms with E-state index in [4.69, 9.17) is 10.2 Å². The quantitative estimate of drug-likeness (QED) is 0.477. The fraction of sp³-hybridized carbons (Fsp3) is 0.333. The summed E-state index contributed by atoms with van der Waals surface area (Å²) in [6.07, 6.45) is -3.31. The maximum absolute atomic E-state index is 11.6. The van der Waals surface area contributed by atoms with Gasteiger partial charge in [-0.25, -0.2) is 4.79 Å². The van der Waals surface area contributed by atoms with Crippen molar-refractivity contribution in [2.75, 3.05) is 13.1 Å². The van der Waals surface area contributed by atoms with Crippen molar-refractivity contribution in [3.63, 3.8) is 0 Å². The van der Waals surface area contributed by atoms with E-state index < -0.39 is 18.2 Å². The molecule has 1 rings (SSSR count). The molecule has 0 radical (unpaired) electrons. The number of hydrogen-bond donors (Lipinski definition) is 4. The Balaban J connectivity index is 2.34. The standard InChI is InChI=1S/C12H15NO5/c14-9(8-4-2-1-3-5-8)6-13-7-10(15)11(16)12(17)18/h1-5,10-11,13,15-16H,6-7H2,(H,17,18)/t10-,11+/m0/s1. The van der Waals surface area contributed by atoms with Crippen LogP contribution < -0.4 is 5.32 Å². The molecule has 1 aromatic carbocycles. The number of carboxylic acids is 1. The number of hydrogen-bond acceptors (Lipinski definition) is 5. The Morgan fingerprint density at radius 1 is 1.17 bits per heavy atom. The lowest BCUT2D eigenvalue weighted by Gasteiger charge is -2.14. The molecule has 4 N–H and O–H groups in total. The number of rotatable bonds is 7. The maximum Gasteiger partial charge on any atom is 0.335 e. The summed E-state index contributed by atoms with van der Waals surface area (Å²) in [5.74, 6) is -1.67. The van der Waals surface area contributed by atoms with Crippen LogP contribution in [0.25, 0.3) is 0 Å². The molecule has 0 spiro atoms. The molecule has 2 atom stereocenters. The molecule has 0 aliphatic carbocycles. The number of carboxylic acid groups (broad SMARTS) is 1. The van der Waals surface area contributed by atoms with Gasteiger partial charge in [0.25, 0.3) is 0 Å². The first-order valence-corrected chi connectivity index (χ1v) is 5.40. The monoisotopic (exact) mass is 253 g/mol. The van der Waals surface area contributed by atoms with Gasteiger partial charge in [0.2, 0.25) is 0 Å². The molecule has 0 saturated carbocycles. The van der Waals surface area contributed by atoms with Crippen LogP contribution in [0.3, 0.4) is 0 Å². The first-order valence-electron chi connectivity index (χ1n) is 5.40. The van der Waals surface area contributed by atoms with Crippen LogP contribution in [-0.4, -0.2) is 52.4 Å². The molecule has 18 heavy (non-hydrogen) atoms. The average molecular weight is 253 g/mol. The van der Waals surface area contributed by atoms with Crippen LogP contribution in [0.1, 0.15) is 10.4 Å². The van der Waals surface area contributed by atoms with Crippen molar-refractivity contribution in [2.45, 2.75) is 12.2 Å². The van der Waals surface area contributed by atoms with Gasteiger partial charge in [0.05, 0.1) is 6.54 Å². The Bertz CT molecular complexity index is 406. The third-order valence-corrected chi connectivity index (χ3v) is 2.35. The SMILES string of the molecule is O=C(CNC[C@H](O)[C@@H](O)C(=O)O)c1ccccc1. The molecular weight excluding hydrogens is 238 g/mol. The number of aliphatic carboxylic acids is 1. The summed E-state index contributed by atoms with van der Waals surface area (Å²) in [5.41, 5.74) is 0.526. The minimum absolute atomic E-state index is 0.0343. The largest absolute Gasteiger partial charge is 0.479 e. The van der Waals surface area contributed by atoms with E-state index in [1.165, 1.54) is 0 Å². The fourth-order valence-corrected chi connectivity index (χ4v) is 1.34. The summed E-state index contributed by atoms with van der Waals surface area (Å²) in [4.78, 5) is 22.0. The van der Waals surface area contributed by atoms with Crippen LogP contribution in [0, 0.1) is 0 Å². The number of benzene rings is 1. The number of ketones is 1. The van der Waals surface area contributed by atoms with Crippen LogP contribution in [0.5, 0.6) is 0 Å². The molecule has 6 nitrogen and oxygen atoms in total. The molecule has 0 fully saturated rings. The Labute approximate surface area is 104 Å². The van der Waals surface area contributed by atoms with Crippen molar-refractivity contribution in [3.05, 3.63) is 35.9 Å². The minimum atomic E-state index is -1.86. The van der Waals surface area contributed by atoms with E-state index in [1.54, 1.807) is 30.3 Å². The van der Waals surface area contributed by atoms with Crippen LogP contribution in [0.15, 0.2) is 30.3 Å². The summed E-state index contributed by atoms with van der Waals surface area (Å²) in [5, 5.41) is 29.3. The molecule has 0 aromatic heterocycles. The molecule has 1 aromatic rings. The van der Waals surface area contributed by atoms with Crippen LogP contribution in [0.4, 0.5) is 0 Å². The highest BCUT2D eigenvalue weighted by Crippen LogP contribution is 1.99. The number of Topliss-reactive ketones (excluding diaryl/α,β-unsaturated/α-hetero) is 1. The van der Waals surface area contributed by atoms with Crippen molar-refractivity contribution in [3.8, 4) is 0 Å². The van der Waals surface area contributed by atoms with E-state index >= 15 is 0 Å². The van der Waals surface area contributed by atoms with Crippen molar-refractivity contribution in [1.29, 1.82) is 0 Å². The zero-order valence-electron chi connectivity index (χ0n) is 9.61. The van der Waals surface area contributed by atoms with Crippen LogP contribution in [0.2, 0.25) is 0 Å². The second kappa shape index (κ2) is 6.85. The molecule has 98 valence electrons. The third kappa shape index (κ3) is 4.25. The van der Waals surface area contributed by atoms with Crippen molar-refractivity contribution < 1.29 is 24.9 Å². The van der Waals surface area contributed by atoms with Gasteiger partial charge >= 0.3 is 5.97 Å². The Morgan fingerprint density at radius 2 is 1.78 bits per heavy atom. The lowest BCUT2D eigenvalue weighted by Crippen LogP contribution is -2.42. The molecule has 0 bridgehead atoms.